The molecular weight excluding hydrogens is 247 g/mol. The molecule has 1 saturated heterocycles. The second kappa shape index (κ2) is 6.30. The van der Waals surface area contributed by atoms with Gasteiger partial charge in [0.05, 0.1) is 23.8 Å². The van der Waals surface area contributed by atoms with Crippen LogP contribution in [-0.4, -0.2) is 25.7 Å². The van der Waals surface area contributed by atoms with E-state index in [0.29, 0.717) is 13.2 Å². The number of hydrogen-bond donors (Lipinski definition) is 1. The highest BCUT2D eigenvalue weighted by Crippen LogP contribution is 2.13. The Morgan fingerprint density at radius 1 is 1.58 bits per heavy atom. The van der Waals surface area contributed by atoms with Gasteiger partial charge in [-0.2, -0.15) is 5.26 Å². The van der Waals surface area contributed by atoms with E-state index in [0.717, 1.165) is 25.5 Å². The first-order valence-electron chi connectivity index (χ1n) is 6.26. The van der Waals surface area contributed by atoms with Crippen LogP contribution in [0.4, 0.5) is 4.39 Å². The van der Waals surface area contributed by atoms with Crippen LogP contribution in [0.25, 0.3) is 0 Å². The summed E-state index contributed by atoms with van der Waals surface area (Å²) in [4.78, 5) is 11.9. The maximum atomic E-state index is 13.5. The second-order valence-electron chi connectivity index (χ2n) is 4.60. The van der Waals surface area contributed by atoms with Crippen LogP contribution in [0.2, 0.25) is 0 Å². The van der Waals surface area contributed by atoms with Gasteiger partial charge in [0.1, 0.15) is 5.82 Å². The summed E-state index contributed by atoms with van der Waals surface area (Å²) in [5.41, 5.74) is 0.184. The molecule has 1 aromatic rings. The predicted molar refractivity (Wildman–Crippen MR) is 67.0 cm³/mol. The molecule has 100 valence electrons. The molecule has 0 radical (unpaired) electrons. The number of ether oxygens (including phenoxy) is 1. The highest BCUT2D eigenvalue weighted by atomic mass is 19.1. The van der Waals surface area contributed by atoms with Crippen molar-refractivity contribution in [3.05, 3.63) is 35.1 Å². The van der Waals surface area contributed by atoms with Crippen LogP contribution < -0.4 is 5.32 Å². The second-order valence-corrected chi connectivity index (χ2v) is 4.60. The van der Waals surface area contributed by atoms with Crippen molar-refractivity contribution in [2.75, 3.05) is 19.8 Å². The molecule has 1 heterocycles. The first kappa shape index (κ1) is 13.5. The van der Waals surface area contributed by atoms with Gasteiger partial charge in [0.25, 0.3) is 5.91 Å². The van der Waals surface area contributed by atoms with Gasteiger partial charge < -0.3 is 10.1 Å². The van der Waals surface area contributed by atoms with Crippen LogP contribution in [0.1, 0.15) is 28.8 Å². The number of carbonyl (C=O) groups excluding carboxylic acids is 1. The third kappa shape index (κ3) is 3.52. The van der Waals surface area contributed by atoms with E-state index in [9.17, 15) is 9.18 Å². The molecule has 1 atom stereocenters. The molecule has 1 aromatic carbocycles. The molecule has 0 saturated carbocycles. The van der Waals surface area contributed by atoms with Gasteiger partial charge in [-0.1, -0.05) is 0 Å². The number of nitrogens with one attached hydrogen (secondary N) is 1. The highest BCUT2D eigenvalue weighted by molar-refractivity contribution is 5.94. The summed E-state index contributed by atoms with van der Waals surface area (Å²) in [6.07, 6.45) is 1.99. The fraction of sp³-hybridized carbons (Fsp3) is 0.429. The van der Waals surface area contributed by atoms with Gasteiger partial charge in [0.15, 0.2) is 0 Å². The van der Waals surface area contributed by atoms with Gasteiger partial charge >= 0.3 is 0 Å². The SMILES string of the molecule is N#Cc1ccc(F)c(C(=O)NC[C@@H]2CCCOC2)c1. The van der Waals surface area contributed by atoms with Crippen molar-refractivity contribution in [1.29, 1.82) is 5.26 Å². The van der Waals surface area contributed by atoms with E-state index in [4.69, 9.17) is 10.00 Å². The van der Waals surface area contributed by atoms with Gasteiger partial charge in [-0.25, -0.2) is 4.39 Å². The standard InChI is InChI=1S/C14H15FN2O2/c15-13-4-3-10(7-16)6-12(13)14(18)17-8-11-2-1-5-19-9-11/h3-4,6,11H,1-2,5,8-9H2,(H,17,18)/t11-/m0/s1. The lowest BCUT2D eigenvalue weighted by atomic mass is 10.0. The average Bonchev–Trinajstić information content (AvgIpc) is 2.46. The monoisotopic (exact) mass is 262 g/mol. The van der Waals surface area contributed by atoms with E-state index >= 15 is 0 Å². The van der Waals surface area contributed by atoms with E-state index in [1.54, 1.807) is 0 Å². The minimum Gasteiger partial charge on any atom is -0.381 e. The van der Waals surface area contributed by atoms with Crippen molar-refractivity contribution >= 4 is 5.91 Å². The van der Waals surface area contributed by atoms with Crippen molar-refractivity contribution in [3.8, 4) is 6.07 Å². The van der Waals surface area contributed by atoms with Crippen molar-refractivity contribution in [2.45, 2.75) is 12.8 Å². The third-order valence-corrected chi connectivity index (χ3v) is 3.15. The van der Waals surface area contributed by atoms with Gasteiger partial charge in [-0.3, -0.25) is 4.79 Å². The van der Waals surface area contributed by atoms with Gasteiger partial charge in [0.2, 0.25) is 0 Å². The number of rotatable bonds is 3. The zero-order valence-electron chi connectivity index (χ0n) is 10.5. The number of halogens is 1. The summed E-state index contributed by atoms with van der Waals surface area (Å²) in [7, 11) is 0. The van der Waals surface area contributed by atoms with Gasteiger partial charge in [-0.05, 0) is 37.0 Å². The van der Waals surface area contributed by atoms with Crippen LogP contribution in [0.15, 0.2) is 18.2 Å². The lowest BCUT2D eigenvalue weighted by Gasteiger charge is -2.22. The highest BCUT2D eigenvalue weighted by Gasteiger charge is 2.17. The Hall–Kier alpha value is -1.93. The Labute approximate surface area is 111 Å². The fourth-order valence-electron chi connectivity index (χ4n) is 2.07. The van der Waals surface area contributed by atoms with Crippen molar-refractivity contribution in [3.63, 3.8) is 0 Å². The van der Waals surface area contributed by atoms with Crippen LogP contribution in [0, 0.1) is 23.1 Å². The van der Waals surface area contributed by atoms with E-state index in [2.05, 4.69) is 5.32 Å². The number of amides is 1. The Bertz CT molecular complexity index is 505. The Morgan fingerprint density at radius 2 is 2.42 bits per heavy atom. The Balaban J connectivity index is 1.97. The average molecular weight is 262 g/mol. The summed E-state index contributed by atoms with van der Waals surface area (Å²) in [6, 6.07) is 5.64. The van der Waals surface area contributed by atoms with Crippen LogP contribution >= 0.6 is 0 Å². The van der Waals surface area contributed by atoms with Crippen molar-refractivity contribution in [1.82, 2.24) is 5.32 Å². The van der Waals surface area contributed by atoms with E-state index in [-0.39, 0.29) is 17.0 Å². The number of nitrogens with zero attached hydrogens (tertiary/aromatic N) is 1. The smallest absolute Gasteiger partial charge is 0.254 e. The fourth-order valence-corrected chi connectivity index (χ4v) is 2.07. The molecular formula is C14H15FN2O2. The minimum atomic E-state index is -0.614. The Morgan fingerprint density at radius 3 is 3.11 bits per heavy atom. The van der Waals surface area contributed by atoms with Crippen molar-refractivity contribution < 1.29 is 13.9 Å². The molecule has 1 aliphatic heterocycles. The number of hydrogen-bond acceptors (Lipinski definition) is 3. The molecule has 0 spiro atoms. The first-order valence-corrected chi connectivity index (χ1v) is 6.26. The first-order chi connectivity index (χ1) is 9.20. The quantitative estimate of drug-likeness (QED) is 0.904. The molecule has 1 amide bonds. The van der Waals surface area contributed by atoms with Gasteiger partial charge in [0, 0.05) is 13.2 Å². The lowest BCUT2D eigenvalue weighted by molar-refractivity contribution is 0.0536. The zero-order valence-corrected chi connectivity index (χ0v) is 10.5. The minimum absolute atomic E-state index is 0.0872. The molecule has 2 rings (SSSR count). The molecule has 0 unspecified atom stereocenters. The summed E-state index contributed by atoms with van der Waals surface area (Å²) in [5, 5.41) is 11.4. The molecule has 0 bridgehead atoms. The van der Waals surface area contributed by atoms with Crippen molar-refractivity contribution in [2.24, 2.45) is 5.92 Å². The zero-order chi connectivity index (χ0) is 13.7. The normalized spacial score (nSPS) is 18.6. The van der Waals surface area contributed by atoms with E-state index < -0.39 is 11.7 Å². The van der Waals surface area contributed by atoms with Crippen LogP contribution in [0.3, 0.4) is 0 Å². The molecule has 0 aliphatic carbocycles. The van der Waals surface area contributed by atoms with Crippen LogP contribution in [0.5, 0.6) is 0 Å². The summed E-state index contributed by atoms with van der Waals surface area (Å²) >= 11 is 0. The maximum absolute atomic E-state index is 13.5. The number of carbonyl (C=O) groups is 1. The van der Waals surface area contributed by atoms with E-state index in [1.807, 2.05) is 6.07 Å². The molecule has 1 fully saturated rings. The molecule has 1 N–H and O–H groups in total. The summed E-state index contributed by atoms with van der Waals surface area (Å²) in [6.45, 7) is 1.86. The third-order valence-electron chi connectivity index (χ3n) is 3.15. The van der Waals surface area contributed by atoms with Gasteiger partial charge in [-0.15, -0.1) is 0 Å². The largest absolute Gasteiger partial charge is 0.381 e. The van der Waals surface area contributed by atoms with E-state index in [1.165, 1.54) is 12.1 Å². The number of nitriles is 1. The molecule has 0 aromatic heterocycles. The number of benzene rings is 1. The predicted octanol–water partition coefficient (Wildman–Crippen LogP) is 1.85. The molecule has 4 nitrogen and oxygen atoms in total. The molecule has 1 aliphatic rings. The Kier molecular flexibility index (Phi) is 4.48. The summed E-state index contributed by atoms with van der Waals surface area (Å²) < 4.78 is 18.8. The maximum Gasteiger partial charge on any atom is 0.254 e. The van der Waals surface area contributed by atoms with Crippen LogP contribution in [-0.2, 0) is 4.74 Å². The lowest BCUT2D eigenvalue weighted by Crippen LogP contribution is -2.33. The summed E-state index contributed by atoms with van der Waals surface area (Å²) in [5.74, 6) is -0.823. The molecule has 19 heavy (non-hydrogen) atoms. The topological polar surface area (TPSA) is 62.1 Å². The molecule has 5 heteroatoms.